The topological polar surface area (TPSA) is 133 Å². The van der Waals surface area contributed by atoms with Gasteiger partial charge >= 0.3 is 0 Å². The number of nitro groups is 1. The van der Waals surface area contributed by atoms with Crippen molar-refractivity contribution in [2.45, 2.75) is 12.1 Å². The van der Waals surface area contributed by atoms with E-state index in [1.165, 1.54) is 39.6 Å². The van der Waals surface area contributed by atoms with Crippen molar-refractivity contribution in [2.75, 3.05) is 11.1 Å². The van der Waals surface area contributed by atoms with Crippen LogP contribution in [0.2, 0.25) is 0 Å². The third-order valence-electron chi connectivity index (χ3n) is 4.20. The molecule has 0 unspecified atom stereocenters. The van der Waals surface area contributed by atoms with Crippen LogP contribution in [-0.4, -0.2) is 47.3 Å². The molecule has 0 saturated heterocycles. The van der Waals surface area contributed by atoms with E-state index in [2.05, 4.69) is 25.7 Å². The number of thioether (sulfide) groups is 1. The van der Waals surface area contributed by atoms with Crippen LogP contribution in [-0.2, 0) is 4.79 Å². The van der Waals surface area contributed by atoms with Gasteiger partial charge < -0.3 is 5.32 Å². The van der Waals surface area contributed by atoms with Crippen LogP contribution < -0.4 is 5.32 Å². The summed E-state index contributed by atoms with van der Waals surface area (Å²) in [6.07, 6.45) is 2.77. The number of nitro benzene ring substituents is 1. The number of carbonyl (C=O) groups excluding carboxylic acids is 1. The molecule has 4 rings (SSSR count). The Bertz CT molecular complexity index is 1280. The van der Waals surface area contributed by atoms with Gasteiger partial charge in [-0.3, -0.25) is 14.9 Å². The molecule has 11 nitrogen and oxygen atoms in total. The summed E-state index contributed by atoms with van der Waals surface area (Å²) in [6.45, 7) is 1.97. The van der Waals surface area contributed by atoms with Gasteiger partial charge in [0.1, 0.15) is 6.33 Å². The van der Waals surface area contributed by atoms with Gasteiger partial charge in [0.05, 0.1) is 22.5 Å². The van der Waals surface area contributed by atoms with Crippen LogP contribution in [0.15, 0.2) is 65.1 Å². The van der Waals surface area contributed by atoms with Gasteiger partial charge in [-0.05, 0) is 25.1 Å². The molecule has 0 bridgehead atoms. The quantitative estimate of drug-likeness (QED) is 0.204. The number of nitrogens with zero attached hydrogens (tertiary/aromatic N) is 7. The molecule has 1 amide bonds. The average molecular weight is 436 g/mol. The summed E-state index contributed by atoms with van der Waals surface area (Å²) in [7, 11) is 0. The van der Waals surface area contributed by atoms with Crippen molar-refractivity contribution in [3.05, 3.63) is 76.1 Å². The Balaban J connectivity index is 1.44. The number of para-hydroxylation sites is 1. The first-order valence-electron chi connectivity index (χ1n) is 9.07. The van der Waals surface area contributed by atoms with Crippen LogP contribution in [0.3, 0.4) is 0 Å². The van der Waals surface area contributed by atoms with Crippen LogP contribution in [0, 0.1) is 17.0 Å². The van der Waals surface area contributed by atoms with Crippen molar-refractivity contribution in [1.29, 1.82) is 0 Å². The summed E-state index contributed by atoms with van der Waals surface area (Å²) in [4.78, 5) is 22.8. The van der Waals surface area contributed by atoms with Crippen LogP contribution in [0.25, 0.3) is 5.78 Å². The number of anilines is 1. The summed E-state index contributed by atoms with van der Waals surface area (Å²) in [5, 5.41) is 30.8. The van der Waals surface area contributed by atoms with Gasteiger partial charge in [0.15, 0.2) is 0 Å². The Hall–Kier alpha value is -4.06. The van der Waals surface area contributed by atoms with Gasteiger partial charge in [0.25, 0.3) is 11.5 Å². The van der Waals surface area contributed by atoms with Gasteiger partial charge in [-0.1, -0.05) is 41.6 Å². The zero-order valence-electron chi connectivity index (χ0n) is 16.2. The number of aryl methyl sites for hydroxylation is 1. The minimum absolute atomic E-state index is 0.0558. The Morgan fingerprint density at radius 1 is 1.23 bits per heavy atom. The lowest BCUT2D eigenvalue weighted by molar-refractivity contribution is -0.385. The summed E-state index contributed by atoms with van der Waals surface area (Å²) in [5.74, 6) is 0.261. The van der Waals surface area contributed by atoms with Gasteiger partial charge in [-0.2, -0.15) is 19.4 Å². The fraction of sp³-hybridized carbons (Fsp3) is 0.105. The van der Waals surface area contributed by atoms with E-state index >= 15 is 0 Å². The lowest BCUT2D eigenvalue weighted by Gasteiger charge is -2.04. The van der Waals surface area contributed by atoms with Gasteiger partial charge in [-0.15, -0.1) is 10.2 Å². The Morgan fingerprint density at radius 3 is 2.77 bits per heavy atom. The van der Waals surface area contributed by atoms with Crippen molar-refractivity contribution >= 4 is 41.0 Å². The molecule has 0 spiro atoms. The molecule has 12 heteroatoms. The molecule has 0 aliphatic rings. The molecule has 0 saturated carbocycles. The number of hydrogen-bond donors (Lipinski definition) is 1. The van der Waals surface area contributed by atoms with E-state index in [1.54, 1.807) is 18.2 Å². The summed E-state index contributed by atoms with van der Waals surface area (Å²) in [5.41, 5.74) is 2.12. The SMILES string of the molecule is Cc1ccc(NC(=O)CSc2nnc3n(N=Cc4ccccc4[N+](=O)[O-])cnn23)cc1. The predicted octanol–water partition coefficient (Wildman–Crippen LogP) is 2.76. The number of rotatable bonds is 7. The number of fused-ring (bicyclic) bond motifs is 1. The van der Waals surface area contributed by atoms with E-state index < -0.39 is 4.92 Å². The molecule has 0 fully saturated rings. The van der Waals surface area contributed by atoms with Gasteiger partial charge in [-0.25, -0.2) is 0 Å². The van der Waals surface area contributed by atoms with E-state index in [1.807, 2.05) is 31.2 Å². The van der Waals surface area contributed by atoms with Crippen LogP contribution in [0.1, 0.15) is 11.1 Å². The van der Waals surface area contributed by atoms with E-state index in [9.17, 15) is 14.9 Å². The highest BCUT2D eigenvalue weighted by Crippen LogP contribution is 2.18. The maximum atomic E-state index is 12.2. The second kappa shape index (κ2) is 8.75. The Kier molecular flexibility index (Phi) is 5.71. The second-order valence-corrected chi connectivity index (χ2v) is 7.38. The molecular weight excluding hydrogens is 420 g/mol. The number of aromatic nitrogens is 5. The molecule has 2 aromatic carbocycles. The summed E-state index contributed by atoms with van der Waals surface area (Å²) < 4.78 is 2.79. The number of hydrogen-bond acceptors (Lipinski definition) is 8. The number of amides is 1. The van der Waals surface area contributed by atoms with E-state index in [-0.39, 0.29) is 17.3 Å². The van der Waals surface area contributed by atoms with E-state index in [0.29, 0.717) is 16.5 Å². The first-order valence-corrected chi connectivity index (χ1v) is 10.1. The first-order chi connectivity index (χ1) is 15.0. The first kappa shape index (κ1) is 20.2. The number of nitrogens with one attached hydrogen (secondary N) is 1. The van der Waals surface area contributed by atoms with Crippen molar-refractivity contribution in [1.82, 2.24) is 24.5 Å². The molecule has 1 N–H and O–H groups in total. The zero-order valence-corrected chi connectivity index (χ0v) is 17.1. The molecule has 2 heterocycles. The molecule has 0 radical (unpaired) electrons. The van der Waals surface area contributed by atoms with Crippen molar-refractivity contribution in [2.24, 2.45) is 5.10 Å². The molecular formula is C19H16N8O3S. The monoisotopic (exact) mass is 436 g/mol. The number of benzene rings is 2. The molecule has 2 aromatic heterocycles. The highest BCUT2D eigenvalue weighted by atomic mass is 32.2. The Morgan fingerprint density at radius 2 is 2.00 bits per heavy atom. The molecule has 31 heavy (non-hydrogen) atoms. The molecule has 156 valence electrons. The number of carbonyl (C=O) groups is 1. The molecule has 4 aromatic rings. The van der Waals surface area contributed by atoms with Crippen molar-refractivity contribution in [3.8, 4) is 0 Å². The molecule has 0 aliphatic heterocycles. The minimum Gasteiger partial charge on any atom is -0.325 e. The third kappa shape index (κ3) is 4.59. The lowest BCUT2D eigenvalue weighted by atomic mass is 10.2. The van der Waals surface area contributed by atoms with Gasteiger partial charge in [0, 0.05) is 11.8 Å². The van der Waals surface area contributed by atoms with E-state index in [4.69, 9.17) is 0 Å². The fourth-order valence-corrected chi connectivity index (χ4v) is 3.36. The van der Waals surface area contributed by atoms with Crippen LogP contribution in [0.4, 0.5) is 11.4 Å². The van der Waals surface area contributed by atoms with Crippen LogP contribution in [0.5, 0.6) is 0 Å². The molecule has 0 aliphatic carbocycles. The molecule has 0 atom stereocenters. The zero-order chi connectivity index (χ0) is 21.8. The second-order valence-electron chi connectivity index (χ2n) is 6.43. The summed E-state index contributed by atoms with van der Waals surface area (Å²) in [6, 6.07) is 13.8. The largest absolute Gasteiger partial charge is 0.325 e. The minimum atomic E-state index is -0.474. The predicted molar refractivity (Wildman–Crippen MR) is 115 cm³/mol. The average Bonchev–Trinajstić information content (AvgIpc) is 3.35. The Labute approximate surface area is 179 Å². The van der Waals surface area contributed by atoms with Gasteiger partial charge in [0.2, 0.25) is 11.1 Å². The highest BCUT2D eigenvalue weighted by Gasteiger charge is 2.14. The summed E-state index contributed by atoms with van der Waals surface area (Å²) >= 11 is 1.18. The normalized spacial score (nSPS) is 11.3. The third-order valence-corrected chi connectivity index (χ3v) is 5.12. The van der Waals surface area contributed by atoms with E-state index in [0.717, 1.165) is 11.3 Å². The highest BCUT2D eigenvalue weighted by molar-refractivity contribution is 7.99. The fourth-order valence-electron chi connectivity index (χ4n) is 2.68. The van der Waals surface area contributed by atoms with Crippen LogP contribution >= 0.6 is 11.8 Å². The maximum Gasteiger partial charge on any atom is 0.278 e. The smallest absolute Gasteiger partial charge is 0.278 e. The maximum absolute atomic E-state index is 12.2. The standard InChI is InChI=1S/C19H16N8O3S/c1-13-6-8-15(9-7-13)22-17(28)11-31-19-24-23-18-25(12-21-26(18)19)20-10-14-4-2-3-5-16(14)27(29)30/h2-10,12H,11H2,1H3,(H,22,28). The lowest BCUT2D eigenvalue weighted by Crippen LogP contribution is -2.14. The van der Waals surface area contributed by atoms with Crippen molar-refractivity contribution < 1.29 is 9.72 Å². The van der Waals surface area contributed by atoms with Crippen molar-refractivity contribution in [3.63, 3.8) is 0 Å².